The predicted octanol–water partition coefficient (Wildman–Crippen LogP) is 4.65. The average molecular weight is 346 g/mol. The lowest BCUT2D eigenvalue weighted by Crippen LogP contribution is -2.22. The third-order valence-electron chi connectivity index (χ3n) is 4.64. The first-order valence-electron chi connectivity index (χ1n) is 7.96. The van der Waals surface area contributed by atoms with E-state index >= 15 is 0 Å². The van der Waals surface area contributed by atoms with Gasteiger partial charge in [-0.3, -0.25) is 0 Å². The van der Waals surface area contributed by atoms with Crippen LogP contribution in [0.3, 0.4) is 0 Å². The zero-order valence-electron chi connectivity index (χ0n) is 14.4. The summed E-state index contributed by atoms with van der Waals surface area (Å²) < 4.78 is 10.7. The van der Waals surface area contributed by atoms with E-state index in [1.807, 2.05) is 12.1 Å². The Hall–Kier alpha value is -2.01. The highest BCUT2D eigenvalue weighted by atomic mass is 32.1. The number of aromatic carboxylic acids is 1. The van der Waals surface area contributed by atoms with Gasteiger partial charge in [0.05, 0.1) is 24.7 Å². The molecule has 0 atom stereocenters. The fraction of sp³-hybridized carbons (Fsp3) is 0.421. The van der Waals surface area contributed by atoms with Crippen molar-refractivity contribution in [1.29, 1.82) is 0 Å². The molecule has 1 aliphatic carbocycles. The number of fused-ring (bicyclic) bond motifs is 1. The van der Waals surface area contributed by atoms with Crippen molar-refractivity contribution in [1.82, 2.24) is 0 Å². The van der Waals surface area contributed by atoms with Gasteiger partial charge in [0, 0.05) is 16.5 Å². The summed E-state index contributed by atoms with van der Waals surface area (Å²) in [4.78, 5) is 14.0. The summed E-state index contributed by atoms with van der Waals surface area (Å²) >= 11 is 1.59. The molecule has 1 aromatic carbocycles. The number of hydrogen-bond donors (Lipinski definition) is 1. The number of rotatable bonds is 4. The fourth-order valence-electron chi connectivity index (χ4n) is 3.32. The highest BCUT2D eigenvalue weighted by Gasteiger charge is 2.33. The van der Waals surface area contributed by atoms with E-state index in [1.54, 1.807) is 31.6 Å². The lowest BCUT2D eigenvalue weighted by molar-refractivity contribution is 0.0696. The maximum absolute atomic E-state index is 12.0. The summed E-state index contributed by atoms with van der Waals surface area (Å²) in [5, 5.41) is 9.85. The lowest BCUT2D eigenvalue weighted by atomic mass is 9.76. The smallest absolute Gasteiger partial charge is 0.337 e. The van der Waals surface area contributed by atoms with E-state index in [0.717, 1.165) is 35.3 Å². The highest BCUT2D eigenvalue weighted by molar-refractivity contribution is 7.16. The van der Waals surface area contributed by atoms with Crippen LogP contribution in [0.4, 0.5) is 0 Å². The first-order valence-corrected chi connectivity index (χ1v) is 8.78. The molecule has 0 amide bonds. The molecule has 0 bridgehead atoms. The molecule has 1 aromatic heterocycles. The van der Waals surface area contributed by atoms with E-state index in [4.69, 9.17) is 9.47 Å². The van der Waals surface area contributed by atoms with Crippen LogP contribution in [0.15, 0.2) is 18.2 Å². The minimum absolute atomic E-state index is 0.138. The molecule has 3 rings (SSSR count). The third-order valence-corrected chi connectivity index (χ3v) is 5.97. The summed E-state index contributed by atoms with van der Waals surface area (Å²) in [7, 11) is 3.19. The third kappa shape index (κ3) is 2.88. The zero-order valence-corrected chi connectivity index (χ0v) is 15.3. The van der Waals surface area contributed by atoms with Crippen LogP contribution in [-0.2, 0) is 12.8 Å². The second-order valence-electron chi connectivity index (χ2n) is 6.92. The molecule has 2 aromatic rings. The Morgan fingerprint density at radius 2 is 2.00 bits per heavy atom. The van der Waals surface area contributed by atoms with E-state index in [9.17, 15) is 9.90 Å². The number of hydrogen-bond acceptors (Lipinski definition) is 4. The Labute approximate surface area is 146 Å². The van der Waals surface area contributed by atoms with Crippen molar-refractivity contribution in [2.45, 2.75) is 33.1 Å². The molecule has 0 unspecified atom stereocenters. The normalized spacial score (nSPS) is 15.7. The van der Waals surface area contributed by atoms with Gasteiger partial charge in [0.25, 0.3) is 0 Å². The molecule has 1 aliphatic rings. The molecule has 128 valence electrons. The molecular weight excluding hydrogens is 324 g/mol. The van der Waals surface area contributed by atoms with Crippen molar-refractivity contribution in [2.24, 2.45) is 5.41 Å². The first-order chi connectivity index (χ1) is 11.4. The monoisotopic (exact) mass is 346 g/mol. The fourth-order valence-corrected chi connectivity index (χ4v) is 4.66. The molecule has 24 heavy (non-hydrogen) atoms. The summed E-state index contributed by atoms with van der Waals surface area (Å²) in [5.74, 6) is 0.461. The Balaban J connectivity index is 2.19. The molecule has 0 saturated heterocycles. The van der Waals surface area contributed by atoms with Crippen molar-refractivity contribution in [3.05, 3.63) is 34.2 Å². The maximum Gasteiger partial charge on any atom is 0.337 e. The number of carbonyl (C=O) groups is 1. The van der Waals surface area contributed by atoms with Crippen LogP contribution in [0.2, 0.25) is 0 Å². The van der Waals surface area contributed by atoms with Gasteiger partial charge >= 0.3 is 5.97 Å². The Bertz CT molecular complexity index is 789. The summed E-state index contributed by atoms with van der Waals surface area (Å²) in [6, 6.07) is 5.52. The van der Waals surface area contributed by atoms with Crippen LogP contribution in [0.25, 0.3) is 10.4 Å². The number of carboxylic acids is 1. The van der Waals surface area contributed by atoms with Gasteiger partial charge in [0.1, 0.15) is 11.5 Å². The summed E-state index contributed by atoms with van der Waals surface area (Å²) in [6.45, 7) is 4.40. The minimum Gasteiger partial charge on any atom is -0.497 e. The van der Waals surface area contributed by atoms with Gasteiger partial charge in [0.2, 0.25) is 0 Å². The molecule has 0 aliphatic heterocycles. The van der Waals surface area contributed by atoms with Crippen LogP contribution < -0.4 is 9.47 Å². The van der Waals surface area contributed by atoms with Gasteiger partial charge in [-0.1, -0.05) is 13.8 Å². The van der Waals surface area contributed by atoms with E-state index in [2.05, 4.69) is 13.8 Å². The van der Waals surface area contributed by atoms with E-state index < -0.39 is 5.97 Å². The van der Waals surface area contributed by atoms with E-state index in [-0.39, 0.29) is 5.41 Å². The number of methoxy groups -OCH3 is 2. The average Bonchev–Trinajstić information content (AvgIpc) is 2.91. The molecule has 0 radical (unpaired) electrons. The van der Waals surface area contributed by atoms with Crippen LogP contribution in [0.5, 0.6) is 11.5 Å². The van der Waals surface area contributed by atoms with Crippen LogP contribution >= 0.6 is 11.3 Å². The highest BCUT2D eigenvalue weighted by Crippen LogP contribution is 2.47. The molecule has 0 spiro atoms. The Kier molecular flexibility index (Phi) is 4.30. The molecule has 1 N–H and O–H groups in total. The van der Waals surface area contributed by atoms with Crippen molar-refractivity contribution >= 4 is 17.3 Å². The maximum atomic E-state index is 12.0. The molecule has 4 nitrogen and oxygen atoms in total. The van der Waals surface area contributed by atoms with E-state index in [0.29, 0.717) is 17.1 Å². The minimum atomic E-state index is -0.863. The van der Waals surface area contributed by atoms with Crippen molar-refractivity contribution < 1.29 is 19.4 Å². The molecule has 5 heteroatoms. The molecule has 0 saturated carbocycles. The largest absolute Gasteiger partial charge is 0.497 e. The second-order valence-corrected chi connectivity index (χ2v) is 8.03. The van der Waals surface area contributed by atoms with E-state index in [1.165, 1.54) is 4.88 Å². The van der Waals surface area contributed by atoms with Crippen LogP contribution in [0, 0.1) is 5.41 Å². The number of ether oxygens (including phenoxy) is 2. The van der Waals surface area contributed by atoms with Crippen molar-refractivity contribution in [3.8, 4) is 21.9 Å². The Morgan fingerprint density at radius 1 is 1.25 bits per heavy atom. The van der Waals surface area contributed by atoms with Crippen LogP contribution in [-0.4, -0.2) is 25.3 Å². The van der Waals surface area contributed by atoms with Gasteiger partial charge in [-0.25, -0.2) is 4.79 Å². The summed E-state index contributed by atoms with van der Waals surface area (Å²) in [6.07, 6.45) is 2.82. The van der Waals surface area contributed by atoms with Gasteiger partial charge in [0.15, 0.2) is 0 Å². The zero-order chi connectivity index (χ0) is 17.5. The quantitative estimate of drug-likeness (QED) is 0.876. The number of thiophene rings is 1. The van der Waals surface area contributed by atoms with Gasteiger partial charge in [-0.15, -0.1) is 11.3 Å². The van der Waals surface area contributed by atoms with Crippen LogP contribution in [0.1, 0.15) is 41.1 Å². The standard InChI is InChI=1S/C19H22O4S/c1-19(2)8-7-15-13(10-19)16(18(20)21)17(24-15)12-6-5-11(22-3)9-14(12)23-4/h5-6,9H,7-8,10H2,1-4H3,(H,20,21). The number of carboxylic acid groups (broad SMARTS) is 1. The van der Waals surface area contributed by atoms with Gasteiger partial charge < -0.3 is 14.6 Å². The van der Waals surface area contributed by atoms with Gasteiger partial charge in [-0.2, -0.15) is 0 Å². The molecular formula is C19H22O4S. The van der Waals surface area contributed by atoms with Crippen molar-refractivity contribution in [3.63, 3.8) is 0 Å². The Morgan fingerprint density at radius 3 is 2.62 bits per heavy atom. The lowest BCUT2D eigenvalue weighted by Gasteiger charge is -2.29. The van der Waals surface area contributed by atoms with Crippen molar-refractivity contribution in [2.75, 3.05) is 14.2 Å². The predicted molar refractivity (Wildman–Crippen MR) is 95.6 cm³/mol. The first kappa shape index (κ1) is 16.8. The topological polar surface area (TPSA) is 55.8 Å². The summed E-state index contributed by atoms with van der Waals surface area (Å²) in [5.41, 5.74) is 2.38. The number of aryl methyl sites for hydroxylation is 1. The second kappa shape index (κ2) is 6.13. The number of benzene rings is 1. The SMILES string of the molecule is COc1ccc(-c2sc3c(c2C(=O)O)CC(C)(C)CC3)c(OC)c1. The molecule has 1 heterocycles. The van der Waals surface area contributed by atoms with Gasteiger partial charge in [-0.05, 0) is 42.4 Å². The molecule has 0 fully saturated rings.